The average Bonchev–Trinajstić information content (AvgIpc) is 3.03. The van der Waals surface area contributed by atoms with E-state index in [2.05, 4.69) is 26.2 Å². The Bertz CT molecular complexity index is 950. The molecule has 3 rings (SSSR count). The number of benzene rings is 1. The number of amides is 1. The first-order valence-corrected chi connectivity index (χ1v) is 8.18. The maximum absolute atomic E-state index is 12.9. The van der Waals surface area contributed by atoms with Gasteiger partial charge in [0.15, 0.2) is 10.4 Å². The summed E-state index contributed by atoms with van der Waals surface area (Å²) in [5.41, 5.74) is 0.859. The minimum absolute atomic E-state index is 0.184. The van der Waals surface area contributed by atoms with Crippen LogP contribution >= 0.6 is 15.9 Å². The van der Waals surface area contributed by atoms with Crippen molar-refractivity contribution in [2.45, 2.75) is 6.54 Å². The molecule has 0 unspecified atom stereocenters. The first-order valence-electron chi connectivity index (χ1n) is 7.39. The van der Waals surface area contributed by atoms with Gasteiger partial charge in [0.25, 0.3) is 11.5 Å². The molecular weight excluding hydrogens is 393 g/mol. The molecular formula is C17H13BrFN3O3. The van der Waals surface area contributed by atoms with Crippen LogP contribution in [0.3, 0.4) is 0 Å². The second-order valence-electron chi connectivity index (χ2n) is 5.17. The summed E-state index contributed by atoms with van der Waals surface area (Å²) in [4.78, 5) is 28.2. The van der Waals surface area contributed by atoms with Crippen molar-refractivity contribution in [3.63, 3.8) is 0 Å². The number of aromatic nitrogens is 2. The minimum atomic E-state index is -0.366. The first-order chi connectivity index (χ1) is 12.0. The lowest BCUT2D eigenvalue weighted by Gasteiger charge is -2.07. The van der Waals surface area contributed by atoms with Crippen LogP contribution in [0.15, 0.2) is 62.7 Å². The van der Waals surface area contributed by atoms with Crippen LogP contribution in [-0.2, 0) is 6.54 Å². The van der Waals surface area contributed by atoms with Gasteiger partial charge in [-0.2, -0.15) is 0 Å². The minimum Gasteiger partial charge on any atom is -0.444 e. The quantitative estimate of drug-likeness (QED) is 0.707. The largest absolute Gasteiger partial charge is 0.444 e. The molecule has 25 heavy (non-hydrogen) atoms. The van der Waals surface area contributed by atoms with Crippen LogP contribution in [0.25, 0.3) is 11.3 Å². The molecule has 0 radical (unpaired) electrons. The molecule has 2 aromatic heterocycles. The van der Waals surface area contributed by atoms with Crippen LogP contribution in [0, 0.1) is 5.82 Å². The van der Waals surface area contributed by atoms with E-state index < -0.39 is 0 Å². The summed E-state index contributed by atoms with van der Waals surface area (Å²) >= 11 is 3.12. The van der Waals surface area contributed by atoms with E-state index in [1.54, 1.807) is 24.3 Å². The molecule has 8 heteroatoms. The van der Waals surface area contributed by atoms with Crippen molar-refractivity contribution in [1.29, 1.82) is 0 Å². The molecule has 2 heterocycles. The highest BCUT2D eigenvalue weighted by atomic mass is 79.9. The molecule has 0 aliphatic carbocycles. The van der Waals surface area contributed by atoms with Gasteiger partial charge in [-0.1, -0.05) is 0 Å². The van der Waals surface area contributed by atoms with Gasteiger partial charge in [-0.15, -0.1) is 0 Å². The third kappa shape index (κ3) is 4.21. The number of carbonyl (C=O) groups excluding carboxylic acids is 1. The van der Waals surface area contributed by atoms with Gasteiger partial charge in [0.2, 0.25) is 0 Å². The number of nitrogens with one attached hydrogen (secondary N) is 1. The summed E-state index contributed by atoms with van der Waals surface area (Å²) in [6.45, 7) is 0.512. The van der Waals surface area contributed by atoms with E-state index in [0.29, 0.717) is 15.9 Å². The molecule has 1 aromatic carbocycles. The fourth-order valence-corrected chi connectivity index (χ4v) is 2.49. The number of rotatable bonds is 5. The van der Waals surface area contributed by atoms with E-state index in [-0.39, 0.29) is 36.1 Å². The number of furan rings is 1. The Hall–Kier alpha value is -2.74. The molecule has 0 saturated heterocycles. The van der Waals surface area contributed by atoms with Crippen LogP contribution in [-0.4, -0.2) is 22.0 Å². The van der Waals surface area contributed by atoms with Gasteiger partial charge in [0.1, 0.15) is 5.82 Å². The molecule has 0 aliphatic rings. The predicted octanol–water partition coefficient (Wildman–Crippen LogP) is 2.83. The van der Waals surface area contributed by atoms with E-state index in [4.69, 9.17) is 4.42 Å². The fraction of sp³-hybridized carbons (Fsp3) is 0.118. The Balaban J connectivity index is 1.62. The number of carbonyl (C=O) groups is 1. The van der Waals surface area contributed by atoms with Crippen molar-refractivity contribution < 1.29 is 13.6 Å². The highest BCUT2D eigenvalue weighted by molar-refractivity contribution is 9.10. The Morgan fingerprint density at radius 1 is 1.24 bits per heavy atom. The van der Waals surface area contributed by atoms with Crippen LogP contribution in [0.2, 0.25) is 0 Å². The smallest absolute Gasteiger partial charge is 0.287 e. The summed E-state index contributed by atoms with van der Waals surface area (Å²) in [5, 5.41) is 2.66. The number of halogens is 2. The van der Waals surface area contributed by atoms with E-state index in [9.17, 15) is 14.0 Å². The average molecular weight is 406 g/mol. The second-order valence-corrected chi connectivity index (χ2v) is 5.95. The summed E-state index contributed by atoms with van der Waals surface area (Å²) in [7, 11) is 0. The number of hydrogen-bond donors (Lipinski definition) is 1. The maximum Gasteiger partial charge on any atom is 0.287 e. The van der Waals surface area contributed by atoms with Gasteiger partial charge < -0.3 is 9.73 Å². The van der Waals surface area contributed by atoms with Gasteiger partial charge >= 0.3 is 0 Å². The molecule has 128 valence electrons. The third-order valence-electron chi connectivity index (χ3n) is 3.45. The topological polar surface area (TPSA) is 77.1 Å². The summed E-state index contributed by atoms with van der Waals surface area (Å²) in [6.07, 6.45) is 1.40. The van der Waals surface area contributed by atoms with E-state index in [1.165, 1.54) is 29.1 Å². The molecule has 0 fully saturated rings. The normalized spacial score (nSPS) is 10.6. The fourth-order valence-electron chi connectivity index (χ4n) is 2.19. The Morgan fingerprint density at radius 3 is 2.64 bits per heavy atom. The molecule has 0 spiro atoms. The van der Waals surface area contributed by atoms with Crippen molar-refractivity contribution in [1.82, 2.24) is 14.9 Å². The van der Waals surface area contributed by atoms with Crippen LogP contribution in [0.4, 0.5) is 4.39 Å². The highest BCUT2D eigenvalue weighted by Gasteiger charge is 2.10. The van der Waals surface area contributed by atoms with E-state index in [1.807, 2.05) is 0 Å². The van der Waals surface area contributed by atoms with Gasteiger partial charge in [0.05, 0.1) is 12.0 Å². The lowest BCUT2D eigenvalue weighted by atomic mass is 10.1. The Morgan fingerprint density at radius 2 is 2.00 bits per heavy atom. The van der Waals surface area contributed by atoms with E-state index in [0.717, 1.165) is 0 Å². The van der Waals surface area contributed by atoms with Crippen LogP contribution < -0.4 is 10.9 Å². The lowest BCUT2D eigenvalue weighted by Crippen LogP contribution is -2.30. The van der Waals surface area contributed by atoms with Gasteiger partial charge in [0, 0.05) is 24.7 Å². The van der Waals surface area contributed by atoms with Crippen molar-refractivity contribution >= 4 is 21.8 Å². The molecule has 3 aromatic rings. The van der Waals surface area contributed by atoms with Crippen LogP contribution in [0.5, 0.6) is 0 Å². The molecule has 0 bridgehead atoms. The van der Waals surface area contributed by atoms with Gasteiger partial charge in [-0.25, -0.2) is 9.37 Å². The summed E-state index contributed by atoms with van der Waals surface area (Å²) < 4.78 is 19.9. The molecule has 1 N–H and O–H groups in total. The third-order valence-corrected chi connectivity index (χ3v) is 3.88. The van der Waals surface area contributed by atoms with Crippen molar-refractivity contribution in [3.8, 4) is 11.3 Å². The monoisotopic (exact) mass is 405 g/mol. The second kappa shape index (κ2) is 7.43. The molecule has 1 amide bonds. The zero-order valence-corrected chi connectivity index (χ0v) is 14.5. The van der Waals surface area contributed by atoms with Gasteiger partial charge in [-0.3, -0.25) is 14.2 Å². The molecule has 0 saturated carbocycles. The molecule has 6 nitrogen and oxygen atoms in total. The molecule has 0 atom stereocenters. The Labute approximate surface area is 150 Å². The lowest BCUT2D eigenvalue weighted by molar-refractivity contribution is 0.0923. The zero-order valence-electron chi connectivity index (χ0n) is 12.9. The standard InChI is InChI=1S/C17H13BrFN3O3/c18-15-6-5-14(25-15)17(24)20-7-8-22-10-21-13(9-16(22)23)11-1-3-12(19)4-2-11/h1-6,9-10H,7-8H2,(H,20,24). The number of nitrogens with zero attached hydrogens (tertiary/aromatic N) is 2. The van der Waals surface area contributed by atoms with Crippen molar-refractivity contribution in [2.75, 3.05) is 6.54 Å². The first kappa shape index (κ1) is 17.1. The molecule has 0 aliphatic heterocycles. The van der Waals surface area contributed by atoms with Gasteiger partial charge in [-0.05, 0) is 52.3 Å². The SMILES string of the molecule is O=C(NCCn1cnc(-c2ccc(F)cc2)cc1=O)c1ccc(Br)o1. The van der Waals surface area contributed by atoms with Crippen molar-refractivity contribution in [3.05, 3.63) is 75.4 Å². The van der Waals surface area contributed by atoms with Crippen molar-refractivity contribution in [2.24, 2.45) is 0 Å². The van der Waals surface area contributed by atoms with Crippen LogP contribution in [0.1, 0.15) is 10.6 Å². The predicted molar refractivity (Wildman–Crippen MR) is 92.6 cm³/mol. The summed E-state index contributed by atoms with van der Waals surface area (Å²) in [5.74, 6) is -0.532. The summed E-state index contributed by atoms with van der Waals surface area (Å²) in [6, 6.07) is 10.3. The van der Waals surface area contributed by atoms with E-state index >= 15 is 0 Å². The highest BCUT2D eigenvalue weighted by Crippen LogP contribution is 2.15. The zero-order chi connectivity index (χ0) is 17.8. The maximum atomic E-state index is 12.9. The Kier molecular flexibility index (Phi) is 5.08. The number of hydrogen-bond acceptors (Lipinski definition) is 4.